The Bertz CT molecular complexity index is 618. The molecule has 102 valence electrons. The van der Waals surface area contributed by atoms with E-state index in [4.69, 9.17) is 0 Å². The zero-order chi connectivity index (χ0) is 14.1. The molecule has 1 saturated carbocycles. The summed E-state index contributed by atoms with van der Waals surface area (Å²) >= 11 is 0. The van der Waals surface area contributed by atoms with Gasteiger partial charge in [0, 0.05) is 31.3 Å². The van der Waals surface area contributed by atoms with Crippen molar-refractivity contribution in [3.8, 4) is 0 Å². The molecule has 0 saturated heterocycles. The summed E-state index contributed by atoms with van der Waals surface area (Å²) in [6.45, 7) is 0. The number of Topliss-reactive ketones (excluding diaryl/α,β-unsaturated/α-hetero) is 1. The van der Waals surface area contributed by atoms with Crippen LogP contribution in [0.3, 0.4) is 0 Å². The number of nitrogens with zero attached hydrogens (tertiary/aromatic N) is 1. The van der Waals surface area contributed by atoms with Crippen LogP contribution in [0.5, 0.6) is 0 Å². The highest BCUT2D eigenvalue weighted by Crippen LogP contribution is 2.49. The summed E-state index contributed by atoms with van der Waals surface area (Å²) < 4.78 is 0. The van der Waals surface area contributed by atoms with Crippen LogP contribution in [0.4, 0.5) is 5.69 Å². The molecule has 0 bridgehead atoms. The van der Waals surface area contributed by atoms with Gasteiger partial charge in [0.1, 0.15) is 0 Å². The predicted molar refractivity (Wildman–Crippen MR) is 82.4 cm³/mol. The van der Waals surface area contributed by atoms with Gasteiger partial charge in [-0.15, -0.1) is 0 Å². The van der Waals surface area contributed by atoms with Crippen LogP contribution in [0, 0.1) is 5.92 Å². The smallest absolute Gasteiger partial charge is 0.166 e. The molecule has 2 aromatic carbocycles. The fraction of sp³-hybridized carbons (Fsp3) is 0.278. The molecule has 0 radical (unpaired) electrons. The molecule has 0 N–H and O–H groups in total. The summed E-state index contributed by atoms with van der Waals surface area (Å²) in [6, 6.07) is 18.2. The Morgan fingerprint density at radius 2 is 1.80 bits per heavy atom. The molecule has 0 aromatic heterocycles. The van der Waals surface area contributed by atoms with E-state index in [1.807, 2.05) is 61.5 Å². The Hall–Kier alpha value is -2.09. The van der Waals surface area contributed by atoms with Crippen LogP contribution in [-0.2, 0) is 0 Å². The Morgan fingerprint density at radius 1 is 1.05 bits per heavy atom. The lowest BCUT2D eigenvalue weighted by Gasteiger charge is -2.13. The first-order valence-electron chi connectivity index (χ1n) is 7.03. The minimum Gasteiger partial charge on any atom is -0.378 e. The van der Waals surface area contributed by atoms with Gasteiger partial charge < -0.3 is 4.90 Å². The lowest BCUT2D eigenvalue weighted by Crippen LogP contribution is -2.10. The fourth-order valence-electron chi connectivity index (χ4n) is 2.70. The van der Waals surface area contributed by atoms with Gasteiger partial charge in [-0.3, -0.25) is 4.79 Å². The van der Waals surface area contributed by atoms with Crippen molar-refractivity contribution in [2.24, 2.45) is 5.92 Å². The van der Waals surface area contributed by atoms with E-state index in [2.05, 4.69) is 12.1 Å². The Labute approximate surface area is 120 Å². The molecule has 2 unspecified atom stereocenters. The molecule has 2 heteroatoms. The van der Waals surface area contributed by atoms with Crippen LogP contribution in [0.15, 0.2) is 54.6 Å². The first-order chi connectivity index (χ1) is 9.66. The van der Waals surface area contributed by atoms with Gasteiger partial charge in [-0.05, 0) is 30.0 Å². The third kappa shape index (κ3) is 2.46. The van der Waals surface area contributed by atoms with Crippen LogP contribution < -0.4 is 4.90 Å². The van der Waals surface area contributed by atoms with Gasteiger partial charge in [-0.1, -0.05) is 42.5 Å². The minimum atomic E-state index is 0.162. The van der Waals surface area contributed by atoms with Crippen molar-refractivity contribution in [2.45, 2.75) is 12.3 Å². The lowest BCUT2D eigenvalue weighted by atomic mass is 10.0. The normalized spacial score (nSPS) is 20.5. The van der Waals surface area contributed by atoms with E-state index in [0.717, 1.165) is 17.7 Å². The quantitative estimate of drug-likeness (QED) is 0.785. The van der Waals surface area contributed by atoms with Crippen LogP contribution in [-0.4, -0.2) is 19.9 Å². The number of benzene rings is 2. The summed E-state index contributed by atoms with van der Waals surface area (Å²) in [6.07, 6.45) is 0.981. The van der Waals surface area contributed by atoms with Gasteiger partial charge in [0.15, 0.2) is 5.78 Å². The molecule has 0 spiro atoms. The zero-order valence-corrected chi connectivity index (χ0v) is 11.9. The van der Waals surface area contributed by atoms with Crippen molar-refractivity contribution in [1.29, 1.82) is 0 Å². The van der Waals surface area contributed by atoms with Crippen molar-refractivity contribution in [3.05, 3.63) is 65.7 Å². The highest BCUT2D eigenvalue weighted by molar-refractivity contribution is 6.01. The maximum atomic E-state index is 12.5. The van der Waals surface area contributed by atoms with E-state index in [1.165, 1.54) is 5.56 Å². The van der Waals surface area contributed by atoms with Crippen LogP contribution in [0.1, 0.15) is 28.3 Å². The molecule has 2 aromatic rings. The summed E-state index contributed by atoms with van der Waals surface area (Å²) in [5.41, 5.74) is 3.20. The zero-order valence-electron chi connectivity index (χ0n) is 11.9. The minimum absolute atomic E-state index is 0.162. The van der Waals surface area contributed by atoms with Crippen LogP contribution >= 0.6 is 0 Å². The van der Waals surface area contributed by atoms with Crippen molar-refractivity contribution >= 4 is 11.5 Å². The monoisotopic (exact) mass is 265 g/mol. The highest BCUT2D eigenvalue weighted by atomic mass is 16.1. The van der Waals surface area contributed by atoms with E-state index in [1.54, 1.807) is 0 Å². The third-order valence-electron chi connectivity index (χ3n) is 4.00. The summed E-state index contributed by atoms with van der Waals surface area (Å²) in [7, 11) is 3.99. The number of hydrogen-bond donors (Lipinski definition) is 0. The number of hydrogen-bond acceptors (Lipinski definition) is 2. The number of anilines is 1. The molecular weight excluding hydrogens is 246 g/mol. The maximum Gasteiger partial charge on any atom is 0.166 e. The van der Waals surface area contributed by atoms with E-state index in [0.29, 0.717) is 5.92 Å². The average molecular weight is 265 g/mol. The maximum absolute atomic E-state index is 12.5. The number of carbonyl (C=O) groups is 1. The predicted octanol–water partition coefficient (Wildman–Crippen LogP) is 3.74. The van der Waals surface area contributed by atoms with Gasteiger partial charge in [0.05, 0.1) is 0 Å². The largest absolute Gasteiger partial charge is 0.378 e. The Balaban J connectivity index is 1.77. The van der Waals surface area contributed by atoms with E-state index < -0.39 is 0 Å². The molecule has 20 heavy (non-hydrogen) atoms. The Kier molecular flexibility index (Phi) is 3.31. The topological polar surface area (TPSA) is 20.3 Å². The second kappa shape index (κ2) is 5.12. The summed E-state index contributed by atoms with van der Waals surface area (Å²) in [4.78, 5) is 14.6. The van der Waals surface area contributed by atoms with Gasteiger partial charge >= 0.3 is 0 Å². The van der Waals surface area contributed by atoms with Gasteiger partial charge in [0.25, 0.3) is 0 Å². The lowest BCUT2D eigenvalue weighted by molar-refractivity contribution is 0.0965. The SMILES string of the molecule is CN(C)c1cccc(C(=O)C2CC2c2ccccc2)c1. The second-order valence-electron chi connectivity index (χ2n) is 5.67. The second-order valence-corrected chi connectivity index (χ2v) is 5.67. The Morgan fingerprint density at radius 3 is 2.50 bits per heavy atom. The summed E-state index contributed by atoms with van der Waals surface area (Å²) in [5, 5.41) is 0. The van der Waals surface area contributed by atoms with Gasteiger partial charge in [-0.2, -0.15) is 0 Å². The molecule has 2 nitrogen and oxygen atoms in total. The van der Waals surface area contributed by atoms with Crippen molar-refractivity contribution in [2.75, 3.05) is 19.0 Å². The van der Waals surface area contributed by atoms with E-state index in [-0.39, 0.29) is 11.7 Å². The first-order valence-corrected chi connectivity index (χ1v) is 7.03. The molecule has 3 rings (SSSR count). The molecule has 2 atom stereocenters. The highest BCUT2D eigenvalue weighted by Gasteiger charge is 2.43. The standard InChI is InChI=1S/C18H19NO/c1-19(2)15-10-6-9-14(11-15)18(20)17-12-16(17)13-7-4-3-5-8-13/h3-11,16-17H,12H2,1-2H3. The molecule has 1 aliphatic carbocycles. The van der Waals surface area contributed by atoms with Crippen LogP contribution in [0.2, 0.25) is 0 Å². The molecule has 0 heterocycles. The van der Waals surface area contributed by atoms with Gasteiger partial charge in [-0.25, -0.2) is 0 Å². The van der Waals surface area contributed by atoms with E-state index >= 15 is 0 Å². The summed E-state index contributed by atoms with van der Waals surface area (Å²) in [5.74, 6) is 0.851. The van der Waals surface area contributed by atoms with E-state index in [9.17, 15) is 4.79 Å². The van der Waals surface area contributed by atoms with Crippen LogP contribution in [0.25, 0.3) is 0 Å². The molecule has 1 fully saturated rings. The average Bonchev–Trinajstić information content (AvgIpc) is 3.28. The number of ketones is 1. The van der Waals surface area contributed by atoms with Crippen molar-refractivity contribution < 1.29 is 4.79 Å². The molecule has 0 aliphatic heterocycles. The number of rotatable bonds is 4. The van der Waals surface area contributed by atoms with Crippen molar-refractivity contribution in [1.82, 2.24) is 0 Å². The van der Waals surface area contributed by atoms with Crippen molar-refractivity contribution in [3.63, 3.8) is 0 Å². The number of carbonyl (C=O) groups excluding carboxylic acids is 1. The third-order valence-corrected chi connectivity index (χ3v) is 4.00. The van der Waals surface area contributed by atoms with Gasteiger partial charge in [0.2, 0.25) is 0 Å². The fourth-order valence-corrected chi connectivity index (χ4v) is 2.70. The first kappa shape index (κ1) is 12.9. The molecule has 1 aliphatic rings. The molecule has 0 amide bonds. The molecular formula is C18H19NO.